The summed E-state index contributed by atoms with van der Waals surface area (Å²) in [5.74, 6) is 0.531. The van der Waals surface area contributed by atoms with Gasteiger partial charge in [0.1, 0.15) is 17.5 Å². The number of rotatable bonds is 6. The minimum absolute atomic E-state index is 0.229. The lowest BCUT2D eigenvalue weighted by Crippen LogP contribution is -2.35. The zero-order valence-corrected chi connectivity index (χ0v) is 18.5. The first-order valence-electron chi connectivity index (χ1n) is 10.4. The molecule has 0 aliphatic heterocycles. The van der Waals surface area contributed by atoms with Gasteiger partial charge in [0.2, 0.25) is 0 Å². The predicted molar refractivity (Wildman–Crippen MR) is 123 cm³/mol. The van der Waals surface area contributed by atoms with Gasteiger partial charge in [-0.15, -0.1) is 0 Å². The van der Waals surface area contributed by atoms with Crippen LogP contribution in [-0.2, 0) is 4.79 Å². The number of hydrogen-bond donors (Lipinski definition) is 1. The van der Waals surface area contributed by atoms with Gasteiger partial charge < -0.3 is 4.74 Å². The molecule has 2 aromatic carbocycles. The third kappa shape index (κ3) is 4.25. The van der Waals surface area contributed by atoms with Gasteiger partial charge in [0, 0.05) is 0 Å². The Morgan fingerprint density at radius 2 is 1.84 bits per heavy atom. The first-order chi connectivity index (χ1) is 15.3. The Morgan fingerprint density at radius 3 is 2.53 bits per heavy atom. The molecule has 4 aromatic rings. The summed E-state index contributed by atoms with van der Waals surface area (Å²) >= 11 is 0. The van der Waals surface area contributed by atoms with E-state index in [1.807, 2.05) is 56.3 Å². The summed E-state index contributed by atoms with van der Waals surface area (Å²) < 4.78 is 8.17. The maximum atomic E-state index is 12.8. The van der Waals surface area contributed by atoms with Gasteiger partial charge in [0.15, 0.2) is 12.3 Å². The standard InChI is InChI=1S/C24H25N5O3/c1-15(2)18-6-9-20(10-7-18)32-13-22(30)27-28-14-25-23-21(24(28)31)12-26-29(23)19-8-5-16(3)17(4)11-19/h5-12,14-15H,13H2,1-4H3,(H,27,30). The Balaban J connectivity index is 1.49. The van der Waals surface area contributed by atoms with Crippen LogP contribution in [0.2, 0.25) is 0 Å². The number of amides is 1. The van der Waals surface area contributed by atoms with E-state index in [1.54, 1.807) is 4.68 Å². The van der Waals surface area contributed by atoms with Crippen molar-refractivity contribution in [3.8, 4) is 11.4 Å². The van der Waals surface area contributed by atoms with Crippen LogP contribution in [0.25, 0.3) is 16.7 Å². The van der Waals surface area contributed by atoms with Gasteiger partial charge in [0.05, 0.1) is 11.9 Å². The van der Waals surface area contributed by atoms with Crippen LogP contribution in [0.4, 0.5) is 0 Å². The molecule has 0 saturated carbocycles. The maximum Gasteiger partial charge on any atom is 0.283 e. The number of aryl methyl sites for hydroxylation is 2. The lowest BCUT2D eigenvalue weighted by Gasteiger charge is -2.10. The summed E-state index contributed by atoms with van der Waals surface area (Å²) in [5.41, 5.74) is 6.80. The van der Waals surface area contributed by atoms with Gasteiger partial charge in [-0.25, -0.2) is 14.3 Å². The zero-order valence-electron chi connectivity index (χ0n) is 18.5. The highest BCUT2D eigenvalue weighted by atomic mass is 16.5. The summed E-state index contributed by atoms with van der Waals surface area (Å²) in [4.78, 5) is 29.5. The van der Waals surface area contributed by atoms with E-state index < -0.39 is 11.5 Å². The second kappa shape index (κ2) is 8.66. The van der Waals surface area contributed by atoms with Gasteiger partial charge in [-0.05, 0) is 60.7 Å². The molecule has 1 N–H and O–H groups in total. The minimum Gasteiger partial charge on any atom is -0.484 e. The number of ether oxygens (including phenoxy) is 1. The molecule has 0 saturated heterocycles. The molecule has 0 atom stereocenters. The van der Waals surface area contributed by atoms with Crippen molar-refractivity contribution in [2.24, 2.45) is 0 Å². The summed E-state index contributed by atoms with van der Waals surface area (Å²) in [6.07, 6.45) is 2.73. The molecule has 8 nitrogen and oxygen atoms in total. The van der Waals surface area contributed by atoms with Crippen molar-refractivity contribution in [1.82, 2.24) is 19.4 Å². The van der Waals surface area contributed by atoms with E-state index in [-0.39, 0.29) is 6.61 Å². The summed E-state index contributed by atoms with van der Waals surface area (Å²) in [6.45, 7) is 8.04. The van der Waals surface area contributed by atoms with Gasteiger partial charge in [-0.3, -0.25) is 15.0 Å². The van der Waals surface area contributed by atoms with Gasteiger partial charge >= 0.3 is 0 Å². The van der Waals surface area contributed by atoms with Crippen LogP contribution in [0.1, 0.15) is 36.5 Å². The number of benzene rings is 2. The number of fused-ring (bicyclic) bond motifs is 1. The smallest absolute Gasteiger partial charge is 0.283 e. The van der Waals surface area contributed by atoms with Gasteiger partial charge in [0.25, 0.3) is 11.5 Å². The summed E-state index contributed by atoms with van der Waals surface area (Å²) in [7, 11) is 0. The SMILES string of the molecule is Cc1ccc(-n2ncc3c(=O)n(NC(=O)COc4ccc(C(C)C)cc4)cnc32)cc1C. The monoisotopic (exact) mass is 431 g/mol. The molecule has 2 heterocycles. The average molecular weight is 431 g/mol. The van der Waals surface area contributed by atoms with Crippen LogP contribution in [0.5, 0.6) is 5.75 Å². The molecule has 0 unspecified atom stereocenters. The minimum atomic E-state index is -0.470. The number of carbonyl (C=O) groups is 1. The fourth-order valence-corrected chi connectivity index (χ4v) is 3.30. The topological polar surface area (TPSA) is 91.0 Å². The van der Waals surface area contributed by atoms with E-state index in [0.717, 1.165) is 15.9 Å². The number of hydrogen-bond acceptors (Lipinski definition) is 5. The number of aromatic nitrogens is 4. The van der Waals surface area contributed by atoms with E-state index in [9.17, 15) is 9.59 Å². The van der Waals surface area contributed by atoms with Crippen LogP contribution < -0.4 is 15.7 Å². The molecule has 0 bridgehead atoms. The molecule has 164 valence electrons. The number of carbonyl (C=O) groups excluding carboxylic acids is 1. The molecule has 32 heavy (non-hydrogen) atoms. The van der Waals surface area contributed by atoms with E-state index in [4.69, 9.17) is 4.74 Å². The quantitative estimate of drug-likeness (QED) is 0.505. The van der Waals surface area contributed by atoms with Crippen molar-refractivity contribution in [3.05, 3.63) is 82.0 Å². The molecule has 1 amide bonds. The Labute approximate surface area is 185 Å². The lowest BCUT2D eigenvalue weighted by atomic mass is 10.0. The molecule has 2 aromatic heterocycles. The molecular weight excluding hydrogens is 406 g/mol. The van der Waals surface area contributed by atoms with E-state index >= 15 is 0 Å². The van der Waals surface area contributed by atoms with Crippen LogP contribution in [0.15, 0.2) is 59.8 Å². The van der Waals surface area contributed by atoms with E-state index in [1.165, 1.54) is 23.7 Å². The molecule has 0 spiro atoms. The molecular formula is C24H25N5O3. The van der Waals surface area contributed by atoms with Crippen molar-refractivity contribution in [2.45, 2.75) is 33.6 Å². The van der Waals surface area contributed by atoms with Crippen molar-refractivity contribution in [3.63, 3.8) is 0 Å². The predicted octanol–water partition coefficient (Wildman–Crippen LogP) is 3.47. The van der Waals surface area contributed by atoms with E-state index in [2.05, 4.69) is 29.4 Å². The average Bonchev–Trinajstić information content (AvgIpc) is 3.21. The third-order valence-corrected chi connectivity index (χ3v) is 5.39. The highest BCUT2D eigenvalue weighted by Gasteiger charge is 2.13. The van der Waals surface area contributed by atoms with Crippen molar-refractivity contribution >= 4 is 16.9 Å². The molecule has 0 radical (unpaired) electrons. The third-order valence-electron chi connectivity index (χ3n) is 5.39. The first-order valence-corrected chi connectivity index (χ1v) is 10.4. The lowest BCUT2D eigenvalue weighted by molar-refractivity contribution is -0.119. The van der Waals surface area contributed by atoms with Crippen molar-refractivity contribution in [2.75, 3.05) is 12.0 Å². The molecule has 4 rings (SSSR count). The highest BCUT2D eigenvalue weighted by Crippen LogP contribution is 2.19. The first kappa shape index (κ1) is 21.3. The Kier molecular flexibility index (Phi) is 5.77. The second-order valence-corrected chi connectivity index (χ2v) is 8.03. The zero-order chi connectivity index (χ0) is 22.8. The fraction of sp³-hybridized carbons (Fsp3) is 0.250. The number of nitrogens with zero attached hydrogens (tertiary/aromatic N) is 4. The highest BCUT2D eigenvalue weighted by molar-refractivity contribution is 5.85. The van der Waals surface area contributed by atoms with Gasteiger partial charge in [-0.1, -0.05) is 32.0 Å². The van der Waals surface area contributed by atoms with Crippen molar-refractivity contribution < 1.29 is 9.53 Å². The van der Waals surface area contributed by atoms with E-state index in [0.29, 0.717) is 22.7 Å². The largest absolute Gasteiger partial charge is 0.484 e. The fourth-order valence-electron chi connectivity index (χ4n) is 3.30. The Bertz CT molecular complexity index is 1340. The molecule has 0 fully saturated rings. The molecule has 0 aliphatic carbocycles. The van der Waals surface area contributed by atoms with Crippen molar-refractivity contribution in [1.29, 1.82) is 0 Å². The summed E-state index contributed by atoms with van der Waals surface area (Å²) in [5, 5.41) is 4.62. The molecule has 0 aliphatic rings. The Hall–Kier alpha value is -3.94. The van der Waals surface area contributed by atoms with Crippen LogP contribution in [-0.4, -0.2) is 32.0 Å². The number of nitrogens with one attached hydrogen (secondary N) is 1. The van der Waals surface area contributed by atoms with Crippen LogP contribution in [0.3, 0.4) is 0 Å². The molecule has 8 heteroatoms. The Morgan fingerprint density at radius 1 is 1.09 bits per heavy atom. The second-order valence-electron chi connectivity index (χ2n) is 8.03. The van der Waals surface area contributed by atoms with Gasteiger partial charge in [-0.2, -0.15) is 5.10 Å². The van der Waals surface area contributed by atoms with Crippen LogP contribution >= 0.6 is 0 Å². The van der Waals surface area contributed by atoms with Crippen LogP contribution in [0, 0.1) is 13.8 Å². The maximum absolute atomic E-state index is 12.8. The normalized spacial score (nSPS) is 11.2. The summed E-state index contributed by atoms with van der Waals surface area (Å²) in [6, 6.07) is 13.5.